The molecule has 1 amide bonds. The molecule has 2 aromatic rings. The summed E-state index contributed by atoms with van der Waals surface area (Å²) in [6, 6.07) is 11.2. The van der Waals surface area contributed by atoms with Crippen LogP contribution in [0.3, 0.4) is 0 Å². The summed E-state index contributed by atoms with van der Waals surface area (Å²) in [6.45, 7) is 0.783. The molecule has 0 bridgehead atoms. The molecule has 6 heteroatoms. The van der Waals surface area contributed by atoms with Crippen molar-refractivity contribution in [2.75, 3.05) is 13.2 Å². The van der Waals surface area contributed by atoms with Crippen LogP contribution in [-0.2, 0) is 11.2 Å². The largest absolute Gasteiger partial charge is 0.485 e. The van der Waals surface area contributed by atoms with Gasteiger partial charge in [0.15, 0.2) is 11.5 Å². The molecule has 0 spiro atoms. The first-order valence-corrected chi connectivity index (χ1v) is 7.82. The van der Waals surface area contributed by atoms with Crippen molar-refractivity contribution in [3.8, 4) is 11.5 Å². The Balaban J connectivity index is 1.50. The fourth-order valence-corrected chi connectivity index (χ4v) is 3.14. The highest BCUT2D eigenvalue weighted by atomic mass is 35.5. The van der Waals surface area contributed by atoms with Crippen molar-refractivity contribution >= 4 is 28.8 Å². The van der Waals surface area contributed by atoms with Gasteiger partial charge >= 0.3 is 0 Å². The molecule has 1 aromatic carbocycles. The maximum Gasteiger partial charge on any atom is 0.264 e. The van der Waals surface area contributed by atoms with E-state index in [1.54, 1.807) is 6.07 Å². The minimum absolute atomic E-state index is 0.160. The number of hydrogen-bond acceptors (Lipinski definition) is 4. The molecule has 0 saturated heterocycles. The molecule has 1 N–H and O–H groups in total. The number of hydrogen-bond donors (Lipinski definition) is 1. The van der Waals surface area contributed by atoms with Gasteiger partial charge in [-0.2, -0.15) is 0 Å². The first kappa shape index (κ1) is 14.2. The number of carbonyl (C=O) groups is 1. The van der Waals surface area contributed by atoms with Crippen LogP contribution in [0.1, 0.15) is 4.88 Å². The molecule has 1 atom stereocenters. The fraction of sp³-hybridized carbons (Fsp3) is 0.267. The Hall–Kier alpha value is -1.72. The summed E-state index contributed by atoms with van der Waals surface area (Å²) in [4.78, 5) is 13.2. The zero-order valence-electron chi connectivity index (χ0n) is 11.2. The van der Waals surface area contributed by atoms with Gasteiger partial charge in [0.1, 0.15) is 6.61 Å². The van der Waals surface area contributed by atoms with Crippen molar-refractivity contribution in [1.29, 1.82) is 0 Å². The lowest BCUT2D eigenvalue weighted by atomic mass is 10.2. The summed E-state index contributed by atoms with van der Waals surface area (Å²) in [6.07, 6.45) is 0.152. The van der Waals surface area contributed by atoms with E-state index in [0.717, 1.165) is 15.6 Å². The number of rotatable bonds is 4. The maximum absolute atomic E-state index is 12.1. The van der Waals surface area contributed by atoms with Gasteiger partial charge in [-0.05, 0) is 30.7 Å². The van der Waals surface area contributed by atoms with Crippen molar-refractivity contribution in [3.63, 3.8) is 0 Å². The summed E-state index contributed by atoms with van der Waals surface area (Å²) < 4.78 is 11.9. The number of thiophene rings is 1. The zero-order valence-corrected chi connectivity index (χ0v) is 12.7. The number of ether oxygens (including phenoxy) is 2. The van der Waals surface area contributed by atoms with Gasteiger partial charge in [-0.1, -0.05) is 23.7 Å². The summed E-state index contributed by atoms with van der Waals surface area (Å²) in [5.74, 6) is 1.12. The van der Waals surface area contributed by atoms with Gasteiger partial charge in [-0.25, -0.2) is 0 Å². The molecule has 2 heterocycles. The Morgan fingerprint density at radius 3 is 2.86 bits per heavy atom. The molecule has 21 heavy (non-hydrogen) atoms. The number of benzene rings is 1. The average Bonchev–Trinajstić information content (AvgIpc) is 2.92. The van der Waals surface area contributed by atoms with Crippen LogP contribution in [0.25, 0.3) is 0 Å². The smallest absolute Gasteiger partial charge is 0.264 e. The van der Waals surface area contributed by atoms with Gasteiger partial charge in [0.2, 0.25) is 6.10 Å². The summed E-state index contributed by atoms with van der Waals surface area (Å²) in [5, 5.41) is 2.86. The normalized spacial score (nSPS) is 16.5. The molecule has 1 aliphatic heterocycles. The molecule has 0 saturated carbocycles. The minimum Gasteiger partial charge on any atom is -0.485 e. The predicted molar refractivity (Wildman–Crippen MR) is 82.4 cm³/mol. The van der Waals surface area contributed by atoms with Crippen molar-refractivity contribution in [2.45, 2.75) is 12.5 Å². The van der Waals surface area contributed by atoms with Crippen LogP contribution >= 0.6 is 22.9 Å². The molecule has 3 rings (SSSR count). The first-order valence-electron chi connectivity index (χ1n) is 6.63. The molecule has 110 valence electrons. The highest BCUT2D eigenvalue weighted by Gasteiger charge is 2.26. The second-order valence-corrected chi connectivity index (χ2v) is 6.41. The molecule has 0 radical (unpaired) electrons. The van der Waals surface area contributed by atoms with Crippen LogP contribution < -0.4 is 14.8 Å². The molecule has 4 nitrogen and oxygen atoms in total. The highest BCUT2D eigenvalue weighted by Crippen LogP contribution is 2.30. The third kappa shape index (κ3) is 3.49. The van der Waals surface area contributed by atoms with Gasteiger partial charge in [-0.3, -0.25) is 4.79 Å². The summed E-state index contributed by atoms with van der Waals surface area (Å²) in [5.41, 5.74) is 0. The first-order chi connectivity index (χ1) is 10.2. The second kappa shape index (κ2) is 6.37. The van der Waals surface area contributed by atoms with E-state index in [1.165, 1.54) is 11.3 Å². The Morgan fingerprint density at radius 1 is 1.29 bits per heavy atom. The SMILES string of the molecule is O=C(NCCc1ccc(Cl)s1)C1COc2ccccc2O1. The van der Waals surface area contributed by atoms with E-state index in [9.17, 15) is 4.79 Å². The summed E-state index contributed by atoms with van der Waals surface area (Å²) >= 11 is 7.39. The zero-order chi connectivity index (χ0) is 14.7. The monoisotopic (exact) mass is 323 g/mol. The maximum atomic E-state index is 12.1. The van der Waals surface area contributed by atoms with Crippen LogP contribution in [-0.4, -0.2) is 25.2 Å². The van der Waals surface area contributed by atoms with E-state index in [-0.39, 0.29) is 12.5 Å². The van der Waals surface area contributed by atoms with E-state index < -0.39 is 6.10 Å². The van der Waals surface area contributed by atoms with Crippen LogP contribution in [0.15, 0.2) is 36.4 Å². The Bertz CT molecular complexity index is 643. The molecular weight excluding hydrogens is 310 g/mol. The number of nitrogens with one attached hydrogen (secondary N) is 1. The van der Waals surface area contributed by atoms with E-state index in [1.807, 2.05) is 30.3 Å². The van der Waals surface area contributed by atoms with E-state index in [4.69, 9.17) is 21.1 Å². The lowest BCUT2D eigenvalue weighted by Crippen LogP contribution is -2.44. The van der Waals surface area contributed by atoms with Gasteiger partial charge in [0.25, 0.3) is 5.91 Å². The third-order valence-electron chi connectivity index (χ3n) is 3.10. The number of fused-ring (bicyclic) bond motifs is 1. The van der Waals surface area contributed by atoms with Gasteiger partial charge in [0.05, 0.1) is 4.34 Å². The molecule has 1 unspecified atom stereocenters. The standard InChI is InChI=1S/C15H14ClNO3S/c16-14-6-5-10(21-14)7-8-17-15(18)13-9-19-11-3-1-2-4-12(11)20-13/h1-6,13H,7-9H2,(H,17,18). The second-order valence-electron chi connectivity index (χ2n) is 4.61. The lowest BCUT2D eigenvalue weighted by molar-refractivity contribution is -0.130. The Kier molecular flexibility index (Phi) is 4.31. The van der Waals surface area contributed by atoms with Crippen LogP contribution in [0.5, 0.6) is 11.5 Å². The summed E-state index contributed by atoms with van der Waals surface area (Å²) in [7, 11) is 0. The van der Waals surface area contributed by atoms with Crippen molar-refractivity contribution in [1.82, 2.24) is 5.32 Å². The minimum atomic E-state index is -0.605. The number of halogens is 1. The lowest BCUT2D eigenvalue weighted by Gasteiger charge is -2.25. The molecule has 1 aromatic heterocycles. The van der Waals surface area contributed by atoms with Gasteiger partial charge in [0, 0.05) is 11.4 Å². The Labute approximate surface area is 131 Å². The molecule has 0 fully saturated rings. The van der Waals surface area contributed by atoms with Gasteiger partial charge < -0.3 is 14.8 Å². The van der Waals surface area contributed by atoms with E-state index in [2.05, 4.69) is 5.32 Å². The molecule has 1 aliphatic rings. The van der Waals surface area contributed by atoms with E-state index >= 15 is 0 Å². The Morgan fingerprint density at radius 2 is 2.10 bits per heavy atom. The highest BCUT2D eigenvalue weighted by molar-refractivity contribution is 7.16. The van der Waals surface area contributed by atoms with Crippen LogP contribution in [0.2, 0.25) is 4.34 Å². The third-order valence-corrected chi connectivity index (χ3v) is 4.39. The quantitative estimate of drug-likeness (QED) is 0.941. The van der Waals surface area contributed by atoms with E-state index in [0.29, 0.717) is 18.0 Å². The number of para-hydroxylation sites is 2. The average molecular weight is 324 g/mol. The predicted octanol–water partition coefficient (Wildman–Crippen LogP) is 2.90. The van der Waals surface area contributed by atoms with Crippen molar-refractivity contribution in [2.24, 2.45) is 0 Å². The van der Waals surface area contributed by atoms with Crippen LogP contribution in [0, 0.1) is 0 Å². The molecule has 0 aliphatic carbocycles. The topological polar surface area (TPSA) is 47.6 Å². The fourth-order valence-electron chi connectivity index (χ4n) is 2.06. The molecular formula is C15H14ClNO3S. The van der Waals surface area contributed by atoms with Gasteiger partial charge in [-0.15, -0.1) is 11.3 Å². The number of amides is 1. The van der Waals surface area contributed by atoms with Crippen LogP contribution in [0.4, 0.5) is 0 Å². The van der Waals surface area contributed by atoms with Crippen molar-refractivity contribution < 1.29 is 14.3 Å². The number of carbonyl (C=O) groups excluding carboxylic acids is 1. The van der Waals surface area contributed by atoms with Crippen molar-refractivity contribution in [3.05, 3.63) is 45.6 Å².